The molecule has 1 amide bonds. The van der Waals surface area contributed by atoms with Gasteiger partial charge in [-0.25, -0.2) is 14.8 Å². The maximum atomic E-state index is 11.0. The Morgan fingerprint density at radius 1 is 1.28 bits per heavy atom. The van der Waals surface area contributed by atoms with Gasteiger partial charge in [-0.15, -0.1) is 0 Å². The summed E-state index contributed by atoms with van der Waals surface area (Å²) < 4.78 is 6.09. The minimum atomic E-state index is -0.882. The number of rotatable bonds is 4. The molecule has 0 spiro atoms. The van der Waals surface area contributed by atoms with Crippen LogP contribution in [0.4, 0.5) is 10.6 Å². The summed E-state index contributed by atoms with van der Waals surface area (Å²) in [4.78, 5) is 27.4. The van der Waals surface area contributed by atoms with Gasteiger partial charge in [-0.2, -0.15) is 0 Å². The molecule has 0 saturated carbocycles. The Labute approximate surface area is 146 Å². The highest BCUT2D eigenvalue weighted by Gasteiger charge is 2.25. The Morgan fingerprint density at radius 2 is 1.96 bits per heavy atom. The molecular formula is C17H21N5O3. The van der Waals surface area contributed by atoms with E-state index in [1.54, 1.807) is 18.6 Å². The Hall–Kier alpha value is -2.90. The number of hydrogen-bond acceptors (Lipinski definition) is 6. The molecule has 132 valence electrons. The number of nitrogens with zero attached hydrogens (tertiary/aromatic N) is 5. The Bertz CT molecular complexity index is 730. The van der Waals surface area contributed by atoms with E-state index in [1.165, 1.54) is 4.90 Å². The first kappa shape index (κ1) is 16.9. The lowest BCUT2D eigenvalue weighted by Gasteiger charge is -2.30. The van der Waals surface area contributed by atoms with Crippen molar-refractivity contribution in [3.63, 3.8) is 0 Å². The minimum Gasteiger partial charge on any atom is -0.472 e. The summed E-state index contributed by atoms with van der Waals surface area (Å²) in [6, 6.07) is 3.74. The molecule has 0 atom stereocenters. The number of carbonyl (C=O) groups is 1. The van der Waals surface area contributed by atoms with Crippen molar-refractivity contribution in [2.75, 3.05) is 32.1 Å². The highest BCUT2D eigenvalue weighted by atomic mass is 16.5. The second-order valence-corrected chi connectivity index (χ2v) is 6.10. The van der Waals surface area contributed by atoms with E-state index in [4.69, 9.17) is 9.84 Å². The van der Waals surface area contributed by atoms with Crippen LogP contribution in [0, 0.1) is 0 Å². The molecular weight excluding hydrogens is 322 g/mol. The molecule has 1 saturated heterocycles. The van der Waals surface area contributed by atoms with E-state index in [0.29, 0.717) is 43.3 Å². The Morgan fingerprint density at radius 3 is 2.56 bits per heavy atom. The van der Waals surface area contributed by atoms with E-state index in [2.05, 4.69) is 15.0 Å². The maximum Gasteiger partial charge on any atom is 0.407 e. The predicted molar refractivity (Wildman–Crippen MR) is 92.8 cm³/mol. The lowest BCUT2D eigenvalue weighted by molar-refractivity contribution is 0.0872. The largest absolute Gasteiger partial charge is 0.472 e. The number of pyridine rings is 1. The number of ether oxygens (including phenoxy) is 1. The van der Waals surface area contributed by atoms with E-state index >= 15 is 0 Å². The van der Waals surface area contributed by atoms with Crippen molar-refractivity contribution in [2.45, 2.75) is 18.9 Å². The number of anilines is 1. The average Bonchev–Trinajstić information content (AvgIpc) is 2.62. The van der Waals surface area contributed by atoms with Gasteiger partial charge in [0.15, 0.2) is 5.82 Å². The molecule has 8 heteroatoms. The second kappa shape index (κ2) is 7.33. The highest BCUT2D eigenvalue weighted by molar-refractivity contribution is 5.65. The minimum absolute atomic E-state index is 0.0729. The maximum absolute atomic E-state index is 11.0. The topological polar surface area (TPSA) is 91.7 Å². The first-order valence-corrected chi connectivity index (χ1v) is 8.14. The van der Waals surface area contributed by atoms with Gasteiger partial charge < -0.3 is 19.6 Å². The predicted octanol–water partition coefficient (Wildman–Crippen LogP) is 2.13. The van der Waals surface area contributed by atoms with Crippen LogP contribution in [0.15, 0.2) is 30.7 Å². The van der Waals surface area contributed by atoms with Gasteiger partial charge in [0.1, 0.15) is 6.10 Å². The van der Waals surface area contributed by atoms with Gasteiger partial charge in [-0.05, 0) is 12.1 Å². The van der Waals surface area contributed by atoms with Gasteiger partial charge >= 0.3 is 6.09 Å². The third-order valence-corrected chi connectivity index (χ3v) is 4.11. The smallest absolute Gasteiger partial charge is 0.407 e. The van der Waals surface area contributed by atoms with Crippen molar-refractivity contribution < 1.29 is 14.6 Å². The third kappa shape index (κ3) is 3.96. The van der Waals surface area contributed by atoms with Crippen LogP contribution in [-0.2, 0) is 0 Å². The molecule has 0 aromatic carbocycles. The van der Waals surface area contributed by atoms with E-state index in [1.807, 2.05) is 31.1 Å². The van der Waals surface area contributed by atoms with Crippen LogP contribution in [0.3, 0.4) is 0 Å². The summed E-state index contributed by atoms with van der Waals surface area (Å²) in [5, 5.41) is 9.04. The molecule has 8 nitrogen and oxygen atoms in total. The van der Waals surface area contributed by atoms with Gasteiger partial charge in [0.05, 0.1) is 11.9 Å². The fraction of sp³-hybridized carbons (Fsp3) is 0.412. The standard InChI is InChI=1S/C17H21N5O3/c1-21(2)15-16(25-13-5-9-22(10-6-13)17(23)24)20-14(11-19-15)12-3-7-18-8-4-12/h3-4,7-8,11,13H,5-6,9-10H2,1-2H3,(H,23,24). The number of hydrogen-bond donors (Lipinski definition) is 1. The molecule has 25 heavy (non-hydrogen) atoms. The molecule has 3 rings (SSSR count). The van der Waals surface area contributed by atoms with Gasteiger partial charge in [-0.3, -0.25) is 4.98 Å². The third-order valence-electron chi connectivity index (χ3n) is 4.11. The fourth-order valence-electron chi connectivity index (χ4n) is 2.74. The molecule has 2 aromatic rings. The van der Waals surface area contributed by atoms with E-state index in [9.17, 15) is 4.79 Å². The zero-order chi connectivity index (χ0) is 17.8. The number of aromatic nitrogens is 3. The summed E-state index contributed by atoms with van der Waals surface area (Å²) in [5.41, 5.74) is 1.63. The van der Waals surface area contributed by atoms with E-state index < -0.39 is 6.09 Å². The van der Waals surface area contributed by atoms with Crippen molar-refractivity contribution in [1.29, 1.82) is 0 Å². The second-order valence-electron chi connectivity index (χ2n) is 6.10. The number of likely N-dealkylation sites (tertiary alicyclic amines) is 1. The van der Waals surface area contributed by atoms with Crippen LogP contribution >= 0.6 is 0 Å². The summed E-state index contributed by atoms with van der Waals surface area (Å²) in [5.74, 6) is 1.12. The summed E-state index contributed by atoms with van der Waals surface area (Å²) >= 11 is 0. The van der Waals surface area contributed by atoms with Crippen molar-refractivity contribution >= 4 is 11.9 Å². The van der Waals surface area contributed by atoms with Crippen LogP contribution in [0.1, 0.15) is 12.8 Å². The first-order chi connectivity index (χ1) is 12.0. The molecule has 1 fully saturated rings. The molecule has 1 aliphatic heterocycles. The van der Waals surface area contributed by atoms with Crippen molar-refractivity contribution in [1.82, 2.24) is 19.9 Å². The van der Waals surface area contributed by atoms with Crippen LogP contribution in [0.25, 0.3) is 11.3 Å². The molecule has 1 aliphatic rings. The van der Waals surface area contributed by atoms with E-state index in [0.717, 1.165) is 5.56 Å². The summed E-state index contributed by atoms with van der Waals surface area (Å²) in [7, 11) is 3.77. The van der Waals surface area contributed by atoms with Gasteiger partial charge in [0.25, 0.3) is 5.88 Å². The average molecular weight is 343 g/mol. The molecule has 0 radical (unpaired) electrons. The number of carboxylic acid groups (broad SMARTS) is 1. The van der Waals surface area contributed by atoms with Crippen LogP contribution < -0.4 is 9.64 Å². The van der Waals surface area contributed by atoms with E-state index in [-0.39, 0.29) is 6.10 Å². The monoisotopic (exact) mass is 343 g/mol. The first-order valence-electron chi connectivity index (χ1n) is 8.14. The van der Waals surface area contributed by atoms with Crippen molar-refractivity contribution in [3.05, 3.63) is 30.7 Å². The fourth-order valence-corrected chi connectivity index (χ4v) is 2.74. The molecule has 0 bridgehead atoms. The van der Waals surface area contributed by atoms with Crippen molar-refractivity contribution in [2.24, 2.45) is 0 Å². The van der Waals surface area contributed by atoms with Crippen LogP contribution in [0.2, 0.25) is 0 Å². The van der Waals surface area contributed by atoms with Gasteiger partial charge in [0, 0.05) is 58.0 Å². The van der Waals surface area contributed by atoms with Gasteiger partial charge in [0.2, 0.25) is 0 Å². The quantitative estimate of drug-likeness (QED) is 0.909. The molecule has 3 heterocycles. The zero-order valence-electron chi connectivity index (χ0n) is 14.3. The zero-order valence-corrected chi connectivity index (χ0v) is 14.3. The normalized spacial score (nSPS) is 15.0. The summed E-state index contributed by atoms with van der Waals surface area (Å²) in [6.07, 6.45) is 5.45. The SMILES string of the molecule is CN(C)c1ncc(-c2ccncc2)nc1OC1CCN(C(=O)O)CC1. The Kier molecular flexibility index (Phi) is 4.97. The van der Waals surface area contributed by atoms with Crippen molar-refractivity contribution in [3.8, 4) is 17.1 Å². The molecule has 0 unspecified atom stereocenters. The van der Waals surface area contributed by atoms with Crippen LogP contribution in [-0.4, -0.2) is 64.3 Å². The van der Waals surface area contributed by atoms with Crippen LogP contribution in [0.5, 0.6) is 5.88 Å². The Balaban J connectivity index is 1.80. The number of amides is 1. The lowest BCUT2D eigenvalue weighted by Crippen LogP contribution is -2.41. The van der Waals surface area contributed by atoms with Gasteiger partial charge in [-0.1, -0.05) is 0 Å². The number of piperidine rings is 1. The highest BCUT2D eigenvalue weighted by Crippen LogP contribution is 2.28. The lowest BCUT2D eigenvalue weighted by atomic mass is 10.1. The molecule has 2 aromatic heterocycles. The molecule has 1 N–H and O–H groups in total. The summed E-state index contributed by atoms with van der Waals surface area (Å²) in [6.45, 7) is 0.934. The molecule has 0 aliphatic carbocycles.